The van der Waals surface area contributed by atoms with E-state index in [1.54, 1.807) is 0 Å². The van der Waals surface area contributed by atoms with E-state index in [4.69, 9.17) is 0 Å². The lowest BCUT2D eigenvalue weighted by Gasteiger charge is -2.36. The Morgan fingerprint density at radius 1 is 1.24 bits per heavy atom. The molecule has 17 heavy (non-hydrogen) atoms. The van der Waals surface area contributed by atoms with E-state index >= 15 is 0 Å². The molecule has 0 fully saturated rings. The first kappa shape index (κ1) is 10.3. The van der Waals surface area contributed by atoms with Gasteiger partial charge in [0.2, 0.25) is 0 Å². The molecule has 0 radical (unpaired) electrons. The number of nitrogens with zero attached hydrogens (tertiary/aromatic N) is 4. The van der Waals surface area contributed by atoms with Gasteiger partial charge in [0.15, 0.2) is 5.82 Å². The van der Waals surface area contributed by atoms with Gasteiger partial charge in [-0.3, -0.25) is 4.90 Å². The number of hydrogen-bond acceptors (Lipinski definition) is 4. The summed E-state index contributed by atoms with van der Waals surface area (Å²) in [5.74, 6) is 0.970. The Bertz CT molecular complexity index is 544. The lowest BCUT2D eigenvalue weighted by atomic mass is 10.1. The van der Waals surface area contributed by atoms with E-state index in [1.807, 2.05) is 0 Å². The molecule has 0 bridgehead atoms. The number of benzene rings is 1. The molecule has 0 saturated heterocycles. The Kier molecular flexibility index (Phi) is 2.02. The second-order valence-electron chi connectivity index (χ2n) is 4.63. The average Bonchev–Trinajstić information content (AvgIpc) is 2.68. The monoisotopic (exact) mass is 228 g/mol. The molecular weight excluding hydrogens is 212 g/mol. The van der Waals surface area contributed by atoms with Crippen LogP contribution in [-0.4, -0.2) is 13.2 Å². The van der Waals surface area contributed by atoms with Crippen molar-refractivity contribution in [3.63, 3.8) is 0 Å². The van der Waals surface area contributed by atoms with Gasteiger partial charge in [0.25, 0.3) is 0 Å². The summed E-state index contributed by atoms with van der Waals surface area (Å²) in [6.45, 7) is 6.30. The highest BCUT2D eigenvalue weighted by atomic mass is 15.5. The van der Waals surface area contributed by atoms with Crippen molar-refractivity contribution in [2.45, 2.75) is 26.9 Å². The zero-order chi connectivity index (χ0) is 12.2. The van der Waals surface area contributed by atoms with Gasteiger partial charge in [0.05, 0.1) is 17.1 Å². The van der Waals surface area contributed by atoms with Gasteiger partial charge in [-0.1, -0.05) is 12.1 Å². The summed E-state index contributed by atoms with van der Waals surface area (Å²) < 4.78 is 0. The summed E-state index contributed by atoms with van der Waals surface area (Å²) in [7, 11) is 2.09. The molecule has 1 aromatic rings. The van der Waals surface area contributed by atoms with Crippen LogP contribution in [0.5, 0.6) is 0 Å². The van der Waals surface area contributed by atoms with Gasteiger partial charge < -0.3 is 4.90 Å². The molecule has 88 valence electrons. The van der Waals surface area contributed by atoms with E-state index in [2.05, 4.69) is 66.0 Å². The van der Waals surface area contributed by atoms with Crippen LogP contribution in [-0.2, 0) is 0 Å². The van der Waals surface area contributed by atoms with Gasteiger partial charge in [0.1, 0.15) is 6.17 Å². The third-order valence-electron chi connectivity index (χ3n) is 3.56. The highest BCUT2D eigenvalue weighted by molar-refractivity contribution is 5.81. The third kappa shape index (κ3) is 1.24. The van der Waals surface area contributed by atoms with Crippen molar-refractivity contribution in [2.75, 3.05) is 16.8 Å². The normalized spacial score (nSPS) is 22.0. The topological polar surface area (TPSA) is 31.2 Å². The molecule has 0 saturated carbocycles. The number of rotatable bonds is 0. The molecular formula is C13H16N4. The summed E-state index contributed by atoms with van der Waals surface area (Å²) in [5.41, 5.74) is 4.89. The van der Waals surface area contributed by atoms with E-state index in [9.17, 15) is 0 Å². The van der Waals surface area contributed by atoms with E-state index in [0.717, 1.165) is 11.5 Å². The molecule has 1 atom stereocenters. The van der Waals surface area contributed by atoms with Crippen LogP contribution in [0.1, 0.15) is 19.4 Å². The fraction of sp³-hybridized carbons (Fsp3) is 0.385. The van der Waals surface area contributed by atoms with E-state index < -0.39 is 0 Å². The molecule has 3 rings (SSSR count). The van der Waals surface area contributed by atoms with Gasteiger partial charge in [-0.2, -0.15) is 5.11 Å². The summed E-state index contributed by atoms with van der Waals surface area (Å²) >= 11 is 0. The first-order valence-electron chi connectivity index (χ1n) is 5.85. The Balaban J connectivity index is 2.27. The van der Waals surface area contributed by atoms with E-state index in [1.165, 1.54) is 16.9 Å². The Morgan fingerprint density at radius 3 is 2.76 bits per heavy atom. The summed E-state index contributed by atoms with van der Waals surface area (Å²) in [4.78, 5) is 4.41. The number of azo groups is 1. The van der Waals surface area contributed by atoms with Gasteiger partial charge in [-0.15, -0.1) is 5.11 Å². The zero-order valence-electron chi connectivity index (χ0n) is 10.6. The molecule has 1 aromatic carbocycles. The maximum absolute atomic E-state index is 4.29. The first-order valence-corrected chi connectivity index (χ1v) is 5.85. The van der Waals surface area contributed by atoms with Gasteiger partial charge in [0, 0.05) is 7.05 Å². The third-order valence-corrected chi connectivity index (χ3v) is 3.56. The smallest absolute Gasteiger partial charge is 0.176 e. The molecule has 2 aliphatic heterocycles. The van der Waals surface area contributed by atoms with Crippen LogP contribution in [0.25, 0.3) is 0 Å². The molecule has 0 spiro atoms. The number of aryl methyl sites for hydroxylation is 1. The van der Waals surface area contributed by atoms with Crippen LogP contribution < -0.4 is 9.80 Å². The Hall–Kier alpha value is -1.84. The summed E-state index contributed by atoms with van der Waals surface area (Å²) in [5, 5.41) is 8.55. The molecule has 2 aliphatic rings. The van der Waals surface area contributed by atoms with Gasteiger partial charge in [-0.25, -0.2) is 0 Å². The summed E-state index contributed by atoms with van der Waals surface area (Å²) in [6, 6.07) is 6.37. The maximum Gasteiger partial charge on any atom is 0.176 e. The van der Waals surface area contributed by atoms with Gasteiger partial charge in [-0.05, 0) is 32.4 Å². The zero-order valence-corrected chi connectivity index (χ0v) is 10.6. The highest BCUT2D eigenvalue weighted by Gasteiger charge is 2.34. The highest BCUT2D eigenvalue weighted by Crippen LogP contribution is 2.44. The number of allylic oxidation sites excluding steroid dienone is 1. The van der Waals surface area contributed by atoms with E-state index in [0.29, 0.717) is 0 Å². The fourth-order valence-electron chi connectivity index (χ4n) is 2.57. The molecule has 0 N–H and O–H groups in total. The molecule has 1 unspecified atom stereocenters. The predicted octanol–water partition coefficient (Wildman–Crippen LogP) is 3.25. The number of para-hydroxylation sites is 1. The fourth-order valence-corrected chi connectivity index (χ4v) is 2.57. The molecule has 4 nitrogen and oxygen atoms in total. The first-order chi connectivity index (χ1) is 8.11. The second kappa shape index (κ2) is 3.32. The van der Waals surface area contributed by atoms with Crippen LogP contribution in [0.4, 0.5) is 11.4 Å². The predicted molar refractivity (Wildman–Crippen MR) is 69.1 cm³/mol. The molecule has 2 heterocycles. The van der Waals surface area contributed by atoms with Gasteiger partial charge >= 0.3 is 0 Å². The molecule has 4 heteroatoms. The van der Waals surface area contributed by atoms with Crippen molar-refractivity contribution < 1.29 is 0 Å². The van der Waals surface area contributed by atoms with Crippen molar-refractivity contribution in [3.05, 3.63) is 35.3 Å². The van der Waals surface area contributed by atoms with Crippen molar-refractivity contribution >= 4 is 11.4 Å². The van der Waals surface area contributed by atoms with Crippen LogP contribution in [0.3, 0.4) is 0 Å². The van der Waals surface area contributed by atoms with E-state index in [-0.39, 0.29) is 6.17 Å². The largest absolute Gasteiger partial charge is 0.343 e. The lowest BCUT2D eigenvalue weighted by Crippen LogP contribution is -2.35. The Morgan fingerprint density at radius 2 is 2.00 bits per heavy atom. The number of hydrogen-bond donors (Lipinski definition) is 0. The summed E-state index contributed by atoms with van der Waals surface area (Å²) in [6.07, 6.45) is 0.0919. The number of fused-ring (bicyclic) bond motifs is 3. The second-order valence-corrected chi connectivity index (χ2v) is 4.63. The van der Waals surface area contributed by atoms with Crippen LogP contribution >= 0.6 is 0 Å². The Labute approximate surface area is 101 Å². The standard InChI is InChI=1S/C13H16N4/c1-8-6-5-7-11-12(8)16(4)9(2)13-15-14-10(3)17(11)13/h5-7,10H,1-4H3. The molecule has 0 amide bonds. The van der Waals surface area contributed by atoms with Crippen molar-refractivity contribution in [3.8, 4) is 0 Å². The van der Waals surface area contributed by atoms with Crippen molar-refractivity contribution in [1.29, 1.82) is 0 Å². The van der Waals surface area contributed by atoms with Crippen molar-refractivity contribution in [2.24, 2.45) is 10.2 Å². The molecule has 0 aromatic heterocycles. The minimum Gasteiger partial charge on any atom is -0.343 e. The maximum atomic E-state index is 4.29. The quantitative estimate of drug-likeness (QED) is 0.682. The van der Waals surface area contributed by atoms with Crippen molar-refractivity contribution in [1.82, 2.24) is 0 Å². The minimum atomic E-state index is 0.0919. The lowest BCUT2D eigenvalue weighted by molar-refractivity contribution is 0.753. The minimum absolute atomic E-state index is 0.0919. The van der Waals surface area contributed by atoms with Crippen LogP contribution in [0.2, 0.25) is 0 Å². The SMILES string of the molecule is CC1=C2N=NC(C)N2c2cccc(C)c2N1C. The average molecular weight is 228 g/mol. The van der Waals surface area contributed by atoms with Crippen LogP contribution in [0, 0.1) is 6.92 Å². The van der Waals surface area contributed by atoms with Crippen LogP contribution in [0.15, 0.2) is 39.9 Å². The molecule has 0 aliphatic carbocycles. The number of anilines is 2.